The Balaban J connectivity index is 3.12. The summed E-state index contributed by atoms with van der Waals surface area (Å²) in [7, 11) is 0. The third-order valence-corrected chi connectivity index (χ3v) is 3.03. The summed E-state index contributed by atoms with van der Waals surface area (Å²) in [6.07, 6.45) is 0. The van der Waals surface area contributed by atoms with Crippen LogP contribution in [0.1, 0.15) is 13.8 Å². The Kier molecular flexibility index (Phi) is 4.33. The molecule has 98 valence electrons. The summed E-state index contributed by atoms with van der Waals surface area (Å²) in [4.78, 5) is 21.7. The number of aromatic hydroxyl groups is 1. The Bertz CT molecular complexity index is 488. The number of nitrogens with one attached hydrogen (secondary N) is 1. The first-order valence-electron chi connectivity index (χ1n) is 4.80. The monoisotopic (exact) mass is 380 g/mol. The highest BCUT2D eigenvalue weighted by molar-refractivity contribution is 9.10. The first-order valence-corrected chi connectivity index (χ1v) is 6.39. The molecule has 1 aromatic carbocycles. The second-order valence-electron chi connectivity index (χ2n) is 4.01. The Morgan fingerprint density at radius 1 is 1.50 bits per heavy atom. The molecule has 2 N–H and O–H groups in total. The highest BCUT2D eigenvalue weighted by Crippen LogP contribution is 2.37. The minimum atomic E-state index is -0.819. The van der Waals surface area contributed by atoms with E-state index in [4.69, 9.17) is 0 Å². The van der Waals surface area contributed by atoms with E-state index in [-0.39, 0.29) is 27.5 Å². The van der Waals surface area contributed by atoms with Gasteiger partial charge in [-0.2, -0.15) is 0 Å². The first kappa shape index (κ1) is 14.9. The van der Waals surface area contributed by atoms with Gasteiger partial charge in [0.15, 0.2) is 0 Å². The number of hydrogen-bond acceptors (Lipinski definition) is 4. The lowest BCUT2D eigenvalue weighted by atomic mass is 10.2. The Hall–Kier alpha value is -1.15. The quantitative estimate of drug-likeness (QED) is 0.364. The predicted molar refractivity (Wildman–Crippen MR) is 74.1 cm³/mol. The number of nitrogens with zero attached hydrogens (tertiary/aromatic N) is 1. The lowest BCUT2D eigenvalue weighted by Gasteiger charge is -2.17. The maximum atomic E-state index is 11.7. The van der Waals surface area contributed by atoms with Crippen molar-refractivity contribution >= 4 is 49.1 Å². The van der Waals surface area contributed by atoms with Crippen molar-refractivity contribution in [1.29, 1.82) is 0 Å². The van der Waals surface area contributed by atoms with E-state index in [2.05, 4.69) is 37.2 Å². The molecule has 1 amide bonds. The van der Waals surface area contributed by atoms with Gasteiger partial charge in [-0.15, -0.1) is 0 Å². The Labute approximate surface area is 120 Å². The number of halogens is 2. The van der Waals surface area contributed by atoms with E-state index in [0.717, 1.165) is 6.07 Å². The van der Waals surface area contributed by atoms with Crippen molar-refractivity contribution < 1.29 is 14.8 Å². The molecule has 0 saturated carbocycles. The van der Waals surface area contributed by atoms with E-state index < -0.39 is 9.25 Å². The summed E-state index contributed by atoms with van der Waals surface area (Å²) in [5, 5.41) is 22.7. The van der Waals surface area contributed by atoms with Crippen LogP contribution in [0.2, 0.25) is 0 Å². The second kappa shape index (κ2) is 5.23. The van der Waals surface area contributed by atoms with Crippen LogP contribution < -0.4 is 5.32 Å². The number of carbonyl (C=O) groups excluding carboxylic acids is 1. The molecule has 1 aromatic rings. The van der Waals surface area contributed by atoms with Crippen LogP contribution in [0.25, 0.3) is 0 Å². The number of alkyl halides is 1. The molecule has 0 bridgehead atoms. The second-order valence-corrected chi connectivity index (χ2v) is 6.84. The van der Waals surface area contributed by atoms with Gasteiger partial charge in [0.05, 0.1) is 25.5 Å². The summed E-state index contributed by atoms with van der Waals surface area (Å²) >= 11 is 6.24. The Morgan fingerprint density at radius 3 is 2.44 bits per heavy atom. The van der Waals surface area contributed by atoms with Gasteiger partial charge < -0.3 is 10.4 Å². The lowest BCUT2D eigenvalue weighted by Crippen LogP contribution is -2.31. The number of phenolic OH excluding ortho intramolecular Hbond substituents is 1. The van der Waals surface area contributed by atoms with Crippen LogP contribution >= 0.6 is 31.9 Å². The van der Waals surface area contributed by atoms with Gasteiger partial charge >= 0.3 is 0 Å². The first-order chi connectivity index (χ1) is 8.12. The van der Waals surface area contributed by atoms with Crippen LogP contribution in [0, 0.1) is 10.1 Å². The highest BCUT2D eigenvalue weighted by atomic mass is 79.9. The van der Waals surface area contributed by atoms with Crippen molar-refractivity contribution in [2.24, 2.45) is 0 Å². The smallest absolute Gasteiger partial charge is 0.274 e. The average molecular weight is 382 g/mol. The van der Waals surface area contributed by atoms with Gasteiger partial charge in [-0.1, -0.05) is 15.9 Å². The molecule has 0 unspecified atom stereocenters. The van der Waals surface area contributed by atoms with Gasteiger partial charge in [-0.25, -0.2) is 0 Å². The third-order valence-electron chi connectivity index (χ3n) is 2.04. The zero-order valence-electron chi connectivity index (χ0n) is 9.53. The van der Waals surface area contributed by atoms with Crippen molar-refractivity contribution in [1.82, 2.24) is 0 Å². The van der Waals surface area contributed by atoms with E-state index >= 15 is 0 Å². The van der Waals surface area contributed by atoms with Gasteiger partial charge in [-0.3, -0.25) is 14.9 Å². The number of carbonyl (C=O) groups is 1. The van der Waals surface area contributed by atoms with Crippen LogP contribution in [-0.2, 0) is 4.79 Å². The summed E-state index contributed by atoms with van der Waals surface area (Å²) in [6.45, 7) is 3.28. The predicted octanol–water partition coefficient (Wildman–Crippen LogP) is 3.17. The van der Waals surface area contributed by atoms with Crippen LogP contribution in [0.4, 0.5) is 11.4 Å². The van der Waals surface area contributed by atoms with Crippen molar-refractivity contribution in [3.05, 3.63) is 26.7 Å². The number of amides is 1. The minimum Gasteiger partial charge on any atom is -0.505 e. The van der Waals surface area contributed by atoms with Crippen molar-refractivity contribution in [3.63, 3.8) is 0 Å². The topological polar surface area (TPSA) is 92.5 Å². The number of nitro groups is 1. The molecule has 0 aliphatic rings. The number of phenols is 1. The van der Waals surface area contributed by atoms with Gasteiger partial charge in [0.25, 0.3) is 5.69 Å². The summed E-state index contributed by atoms with van der Waals surface area (Å²) in [5.41, 5.74) is -0.173. The molecule has 18 heavy (non-hydrogen) atoms. The number of rotatable bonds is 3. The molecule has 0 saturated heterocycles. The molecule has 0 heterocycles. The molecule has 0 aromatic heterocycles. The number of hydrogen-bond donors (Lipinski definition) is 2. The lowest BCUT2D eigenvalue weighted by molar-refractivity contribution is -0.385. The zero-order valence-corrected chi connectivity index (χ0v) is 12.7. The molecular formula is C10H10Br2N2O4. The van der Waals surface area contributed by atoms with Crippen LogP contribution in [0.3, 0.4) is 0 Å². The molecule has 8 heteroatoms. The zero-order chi connectivity index (χ0) is 14.1. The van der Waals surface area contributed by atoms with E-state index in [0.29, 0.717) is 0 Å². The fourth-order valence-corrected chi connectivity index (χ4v) is 1.71. The van der Waals surface area contributed by atoms with E-state index in [1.54, 1.807) is 13.8 Å². The molecule has 0 fully saturated rings. The Morgan fingerprint density at radius 2 is 2.06 bits per heavy atom. The number of nitro benzene ring substituents is 1. The molecule has 0 radical (unpaired) electrons. The maximum Gasteiger partial charge on any atom is 0.274 e. The molecule has 0 aliphatic heterocycles. The summed E-state index contributed by atoms with van der Waals surface area (Å²) < 4.78 is -0.583. The summed E-state index contributed by atoms with van der Waals surface area (Å²) in [5.74, 6) is -0.756. The van der Waals surface area contributed by atoms with Crippen molar-refractivity contribution in [3.8, 4) is 5.75 Å². The number of anilines is 1. The van der Waals surface area contributed by atoms with Gasteiger partial charge in [0.2, 0.25) is 5.91 Å². The maximum absolute atomic E-state index is 11.7. The van der Waals surface area contributed by atoms with Gasteiger partial charge in [-0.05, 0) is 29.8 Å². The SMILES string of the molecule is CC(C)(Br)C(=O)Nc1c(O)cc([N+](=O)[O-])cc1Br. The molecule has 6 nitrogen and oxygen atoms in total. The molecular weight excluding hydrogens is 372 g/mol. The van der Waals surface area contributed by atoms with Crippen LogP contribution in [0.15, 0.2) is 16.6 Å². The van der Waals surface area contributed by atoms with Crippen molar-refractivity contribution in [2.75, 3.05) is 5.32 Å². The van der Waals surface area contributed by atoms with Crippen molar-refractivity contribution in [2.45, 2.75) is 18.2 Å². The molecule has 0 atom stereocenters. The fraction of sp³-hybridized carbons (Fsp3) is 0.300. The van der Waals surface area contributed by atoms with Gasteiger partial charge in [0, 0.05) is 6.07 Å². The molecule has 0 aliphatic carbocycles. The van der Waals surface area contributed by atoms with E-state index in [1.807, 2.05) is 0 Å². The van der Waals surface area contributed by atoms with Crippen LogP contribution in [-0.4, -0.2) is 20.3 Å². The van der Waals surface area contributed by atoms with Crippen LogP contribution in [0.5, 0.6) is 5.75 Å². The average Bonchev–Trinajstić information content (AvgIpc) is 2.21. The third kappa shape index (κ3) is 3.42. The number of benzene rings is 1. The highest BCUT2D eigenvalue weighted by Gasteiger charge is 2.26. The molecule has 1 rings (SSSR count). The standard InChI is InChI=1S/C10H10Br2N2O4/c1-10(2,12)9(16)13-8-6(11)3-5(14(17)18)4-7(8)15/h3-4,15H,1-2H3,(H,13,16). The normalized spacial score (nSPS) is 11.1. The van der Waals surface area contributed by atoms with E-state index in [1.165, 1.54) is 6.07 Å². The summed E-state index contributed by atoms with van der Waals surface area (Å²) in [6, 6.07) is 2.18. The largest absolute Gasteiger partial charge is 0.505 e. The number of non-ortho nitro benzene ring substituents is 1. The fourth-order valence-electron chi connectivity index (χ4n) is 1.07. The molecule has 0 spiro atoms. The minimum absolute atomic E-state index is 0.0955. The van der Waals surface area contributed by atoms with Gasteiger partial charge in [0.1, 0.15) is 5.75 Å². The van der Waals surface area contributed by atoms with E-state index in [9.17, 15) is 20.0 Å².